The van der Waals surface area contributed by atoms with Crippen LogP contribution in [0.1, 0.15) is 0 Å². The van der Waals surface area contributed by atoms with E-state index in [1.165, 1.54) is 0 Å². The lowest BCUT2D eigenvalue weighted by atomic mass is 10.3. The maximum Gasteiger partial charge on any atom is 0.234 e. The number of carbonyl (C=O) groups excluding carboxylic acids is 2. The van der Waals surface area contributed by atoms with Gasteiger partial charge >= 0.3 is 0 Å². The Bertz CT molecular complexity index is 709. The predicted molar refractivity (Wildman–Crippen MR) is 68.5 cm³/mol. The molecule has 0 fully saturated rings. The fourth-order valence-corrected chi connectivity index (χ4v) is 2.11. The van der Waals surface area contributed by atoms with Crippen LogP contribution in [0.2, 0.25) is 0 Å². The fourth-order valence-electron chi connectivity index (χ4n) is 1.43. The van der Waals surface area contributed by atoms with Crippen molar-refractivity contribution in [3.05, 3.63) is 29.8 Å². The van der Waals surface area contributed by atoms with Crippen molar-refractivity contribution in [2.24, 2.45) is 0 Å². The molecule has 2 rings (SSSR count). The van der Waals surface area contributed by atoms with E-state index >= 15 is 0 Å². The summed E-state index contributed by atoms with van der Waals surface area (Å²) in [5.74, 6) is -3.82. The van der Waals surface area contributed by atoms with Gasteiger partial charge in [-0.3, -0.25) is 4.79 Å². The molecular weight excluding hydrogens is 320 g/mol. The van der Waals surface area contributed by atoms with Crippen LogP contribution < -0.4 is 10.4 Å². The van der Waals surface area contributed by atoms with Crippen LogP contribution in [-0.4, -0.2) is 37.8 Å². The van der Waals surface area contributed by atoms with Crippen molar-refractivity contribution in [1.29, 1.82) is 0 Å². The molecule has 1 amide bonds. The normalized spacial score (nSPS) is 10.5. The molecular formula is C11H8F2N5O3S-. The van der Waals surface area contributed by atoms with Crippen LogP contribution in [0.5, 0.6) is 0 Å². The van der Waals surface area contributed by atoms with Gasteiger partial charge in [0.15, 0.2) is 0 Å². The number of carboxylic acid groups (broad SMARTS) is 1. The molecule has 1 aromatic carbocycles. The van der Waals surface area contributed by atoms with Crippen LogP contribution in [0.15, 0.2) is 23.4 Å². The van der Waals surface area contributed by atoms with Crippen molar-refractivity contribution in [1.82, 2.24) is 20.2 Å². The van der Waals surface area contributed by atoms with Crippen LogP contribution in [-0.2, 0) is 16.1 Å². The monoisotopic (exact) mass is 328 g/mol. The van der Waals surface area contributed by atoms with Crippen molar-refractivity contribution < 1.29 is 23.5 Å². The van der Waals surface area contributed by atoms with E-state index in [0.29, 0.717) is 6.07 Å². The highest BCUT2D eigenvalue weighted by molar-refractivity contribution is 7.99. The van der Waals surface area contributed by atoms with E-state index in [2.05, 4.69) is 20.8 Å². The number of nitrogens with one attached hydrogen (secondary N) is 1. The number of aromatic nitrogens is 4. The highest BCUT2D eigenvalue weighted by Crippen LogP contribution is 2.17. The largest absolute Gasteiger partial charge is 0.548 e. The Hall–Kier alpha value is -2.56. The van der Waals surface area contributed by atoms with Gasteiger partial charge in [-0.15, -0.1) is 5.10 Å². The Balaban J connectivity index is 1.93. The zero-order valence-corrected chi connectivity index (χ0v) is 11.6. The maximum absolute atomic E-state index is 13.4. The Morgan fingerprint density at radius 1 is 1.36 bits per heavy atom. The van der Waals surface area contributed by atoms with Gasteiger partial charge in [0.05, 0.1) is 24.0 Å². The summed E-state index contributed by atoms with van der Waals surface area (Å²) in [7, 11) is 0. The van der Waals surface area contributed by atoms with E-state index in [4.69, 9.17) is 0 Å². The second kappa shape index (κ2) is 6.93. The molecule has 22 heavy (non-hydrogen) atoms. The molecule has 0 spiro atoms. The molecule has 0 saturated heterocycles. The van der Waals surface area contributed by atoms with E-state index in [1.807, 2.05) is 0 Å². The number of rotatable bonds is 6. The average molecular weight is 328 g/mol. The number of thioether (sulfide) groups is 1. The van der Waals surface area contributed by atoms with Gasteiger partial charge in [-0.05, 0) is 22.6 Å². The maximum atomic E-state index is 13.4. The summed E-state index contributed by atoms with van der Waals surface area (Å²) >= 11 is 0.859. The molecule has 0 aliphatic heterocycles. The topological polar surface area (TPSA) is 113 Å². The van der Waals surface area contributed by atoms with Gasteiger partial charge in [-0.1, -0.05) is 11.8 Å². The molecule has 0 unspecified atom stereocenters. The summed E-state index contributed by atoms with van der Waals surface area (Å²) < 4.78 is 27.0. The first-order valence-electron chi connectivity index (χ1n) is 5.79. The number of hydrogen-bond donors (Lipinski definition) is 1. The Morgan fingerprint density at radius 2 is 2.14 bits per heavy atom. The van der Waals surface area contributed by atoms with Crippen LogP contribution >= 0.6 is 11.8 Å². The number of tetrazole rings is 1. The van der Waals surface area contributed by atoms with E-state index in [-0.39, 0.29) is 16.6 Å². The molecule has 0 radical (unpaired) electrons. The van der Waals surface area contributed by atoms with Gasteiger partial charge in [-0.25, -0.2) is 13.5 Å². The van der Waals surface area contributed by atoms with Gasteiger partial charge in [0.1, 0.15) is 11.6 Å². The van der Waals surface area contributed by atoms with Crippen LogP contribution in [0.4, 0.5) is 14.5 Å². The quantitative estimate of drug-likeness (QED) is 0.707. The van der Waals surface area contributed by atoms with E-state index < -0.39 is 30.1 Å². The molecule has 0 atom stereocenters. The predicted octanol–water partition coefficient (Wildman–Crippen LogP) is -0.568. The minimum atomic E-state index is -1.38. The second-order valence-corrected chi connectivity index (χ2v) is 4.89. The third-order valence-electron chi connectivity index (χ3n) is 2.32. The molecule has 1 N–H and O–H groups in total. The van der Waals surface area contributed by atoms with Crippen LogP contribution in [0, 0.1) is 11.6 Å². The summed E-state index contributed by atoms with van der Waals surface area (Å²) in [4.78, 5) is 22.2. The SMILES string of the molecule is O=C([O-])Cn1nnnc1SCC(=O)Nc1ccc(F)cc1F. The zero-order chi connectivity index (χ0) is 16.1. The van der Waals surface area contributed by atoms with Crippen LogP contribution in [0.3, 0.4) is 0 Å². The van der Waals surface area contributed by atoms with Gasteiger partial charge in [-0.2, -0.15) is 0 Å². The number of halogens is 2. The summed E-state index contributed by atoms with van der Waals surface area (Å²) in [6.07, 6.45) is 0. The lowest BCUT2D eigenvalue weighted by Gasteiger charge is -2.07. The smallest absolute Gasteiger partial charge is 0.234 e. The van der Waals surface area contributed by atoms with Crippen molar-refractivity contribution in [2.75, 3.05) is 11.1 Å². The number of nitrogens with zero attached hydrogens (tertiary/aromatic N) is 4. The van der Waals surface area contributed by atoms with Crippen molar-refractivity contribution >= 4 is 29.3 Å². The Labute approximate surface area is 126 Å². The standard InChI is InChI=1S/C11H9F2N5O3S/c12-6-1-2-8(7(13)3-6)14-9(19)5-22-11-15-16-17-18(11)4-10(20)21/h1-3H,4-5H2,(H,14,19)(H,20,21)/p-1. The molecule has 0 aliphatic carbocycles. The van der Waals surface area contributed by atoms with Gasteiger partial charge in [0, 0.05) is 6.07 Å². The number of hydrogen-bond acceptors (Lipinski definition) is 7. The third-order valence-corrected chi connectivity index (χ3v) is 3.27. The zero-order valence-electron chi connectivity index (χ0n) is 10.8. The lowest BCUT2D eigenvalue weighted by Crippen LogP contribution is -2.28. The third kappa shape index (κ3) is 4.22. The Morgan fingerprint density at radius 3 is 2.82 bits per heavy atom. The first-order chi connectivity index (χ1) is 10.5. The van der Waals surface area contributed by atoms with Gasteiger partial charge in [0.25, 0.3) is 0 Å². The minimum absolute atomic E-state index is 0.0962. The number of carboxylic acids is 1. The first-order valence-corrected chi connectivity index (χ1v) is 6.78. The highest BCUT2D eigenvalue weighted by atomic mass is 32.2. The molecule has 0 saturated carbocycles. The number of benzene rings is 1. The van der Waals surface area contributed by atoms with Gasteiger partial charge < -0.3 is 15.2 Å². The number of aliphatic carboxylic acids is 1. The van der Waals surface area contributed by atoms with Crippen molar-refractivity contribution in [3.8, 4) is 0 Å². The molecule has 1 aromatic heterocycles. The van der Waals surface area contributed by atoms with E-state index in [1.54, 1.807) is 0 Å². The Kier molecular flexibility index (Phi) is 4.99. The van der Waals surface area contributed by atoms with E-state index in [0.717, 1.165) is 28.6 Å². The fraction of sp³-hybridized carbons (Fsp3) is 0.182. The van der Waals surface area contributed by atoms with Gasteiger partial charge in [0.2, 0.25) is 11.1 Å². The average Bonchev–Trinajstić information content (AvgIpc) is 2.86. The summed E-state index contributed by atoms with van der Waals surface area (Å²) in [6.45, 7) is -0.552. The molecule has 11 heteroatoms. The van der Waals surface area contributed by atoms with Crippen molar-refractivity contribution in [3.63, 3.8) is 0 Å². The number of amides is 1. The second-order valence-electron chi connectivity index (χ2n) is 3.95. The molecule has 0 bridgehead atoms. The van der Waals surface area contributed by atoms with Crippen molar-refractivity contribution in [2.45, 2.75) is 11.7 Å². The molecule has 1 heterocycles. The highest BCUT2D eigenvalue weighted by Gasteiger charge is 2.12. The van der Waals surface area contributed by atoms with Crippen LogP contribution in [0.25, 0.3) is 0 Å². The summed E-state index contributed by atoms with van der Waals surface area (Å²) in [6, 6.07) is 2.74. The lowest BCUT2D eigenvalue weighted by molar-refractivity contribution is -0.306. The molecule has 116 valence electrons. The molecule has 8 nitrogen and oxygen atoms in total. The minimum Gasteiger partial charge on any atom is -0.548 e. The summed E-state index contributed by atoms with van der Waals surface area (Å²) in [5.41, 5.74) is -0.165. The first kappa shape index (κ1) is 15.8. The number of anilines is 1. The summed E-state index contributed by atoms with van der Waals surface area (Å²) in [5, 5.41) is 23.1. The van der Waals surface area contributed by atoms with E-state index in [9.17, 15) is 23.5 Å². The molecule has 0 aliphatic rings. The number of carbonyl (C=O) groups is 2. The molecule has 2 aromatic rings.